The van der Waals surface area contributed by atoms with E-state index in [1.165, 1.54) is 0 Å². The highest BCUT2D eigenvalue weighted by molar-refractivity contribution is 5.98. The lowest BCUT2D eigenvalue weighted by Gasteiger charge is -2.32. The van der Waals surface area contributed by atoms with Gasteiger partial charge in [-0.15, -0.1) is 0 Å². The number of morpholine rings is 1. The van der Waals surface area contributed by atoms with Gasteiger partial charge >= 0.3 is 0 Å². The summed E-state index contributed by atoms with van der Waals surface area (Å²) in [6.45, 7) is 8.25. The Balaban J connectivity index is 1.11. The van der Waals surface area contributed by atoms with Crippen molar-refractivity contribution in [2.45, 2.75) is 6.42 Å². The number of H-pyrrole nitrogens is 1. The van der Waals surface area contributed by atoms with Gasteiger partial charge in [0.1, 0.15) is 23.9 Å². The number of aromatic amines is 1. The summed E-state index contributed by atoms with van der Waals surface area (Å²) in [5.74, 6) is 1.54. The van der Waals surface area contributed by atoms with Crippen LogP contribution in [0.2, 0.25) is 0 Å². The Morgan fingerprint density at radius 2 is 1.77 bits per heavy atom. The molecule has 0 saturated carbocycles. The fourth-order valence-corrected chi connectivity index (χ4v) is 5.16. The van der Waals surface area contributed by atoms with E-state index in [0.29, 0.717) is 24.5 Å². The molecule has 10 nitrogen and oxygen atoms in total. The number of hydrogen-bond acceptors (Lipinski definition) is 8. The van der Waals surface area contributed by atoms with Crippen LogP contribution < -0.4 is 4.74 Å². The summed E-state index contributed by atoms with van der Waals surface area (Å²) in [4.78, 5) is 36.6. The summed E-state index contributed by atoms with van der Waals surface area (Å²) in [5, 5.41) is 1.01. The zero-order chi connectivity index (χ0) is 27.3. The maximum absolute atomic E-state index is 13.0. The third kappa shape index (κ3) is 6.30. The Morgan fingerprint density at radius 3 is 2.62 bits per heavy atom. The number of piperazine rings is 1. The number of likely N-dealkylation sites (N-methyl/N-ethyl adjacent to an activating group) is 1. The van der Waals surface area contributed by atoms with E-state index in [-0.39, 0.29) is 5.91 Å². The molecule has 0 aliphatic carbocycles. The second kappa shape index (κ2) is 12.1. The third-order valence-electron chi connectivity index (χ3n) is 7.55. The zero-order valence-corrected chi connectivity index (χ0v) is 22.9. The van der Waals surface area contributed by atoms with Crippen molar-refractivity contribution in [3.63, 3.8) is 0 Å². The van der Waals surface area contributed by atoms with Crippen LogP contribution in [0.25, 0.3) is 22.3 Å². The van der Waals surface area contributed by atoms with Gasteiger partial charge in [0.05, 0.1) is 24.6 Å². The molecule has 0 radical (unpaired) electrons. The van der Waals surface area contributed by atoms with E-state index >= 15 is 0 Å². The molecule has 0 unspecified atom stereocenters. The minimum atomic E-state index is 0.0571. The van der Waals surface area contributed by atoms with Crippen LogP contribution in [0.3, 0.4) is 0 Å². The van der Waals surface area contributed by atoms with E-state index in [0.717, 1.165) is 92.6 Å². The van der Waals surface area contributed by atoms with E-state index < -0.39 is 0 Å². The average molecular weight is 542 g/mol. The van der Waals surface area contributed by atoms with Crippen LogP contribution in [0.15, 0.2) is 54.9 Å². The number of aromatic nitrogens is 4. The predicted molar refractivity (Wildman–Crippen MR) is 153 cm³/mol. The van der Waals surface area contributed by atoms with Crippen LogP contribution in [0.4, 0.5) is 0 Å². The average Bonchev–Trinajstić information content (AvgIpc) is 3.42. The molecule has 5 heterocycles. The molecule has 2 fully saturated rings. The summed E-state index contributed by atoms with van der Waals surface area (Å²) in [7, 11) is 2.09. The zero-order valence-electron chi connectivity index (χ0n) is 22.9. The Labute approximate surface area is 233 Å². The van der Waals surface area contributed by atoms with Crippen LogP contribution in [0.1, 0.15) is 21.9 Å². The molecule has 0 spiro atoms. The first-order valence-electron chi connectivity index (χ1n) is 13.9. The smallest absolute Gasteiger partial charge is 0.270 e. The van der Waals surface area contributed by atoms with Gasteiger partial charge in [-0.1, -0.05) is 6.07 Å². The number of fused-ring (bicyclic) bond motifs is 1. The van der Waals surface area contributed by atoms with Crippen molar-refractivity contribution in [3.05, 3.63) is 71.9 Å². The van der Waals surface area contributed by atoms with Gasteiger partial charge in [-0.2, -0.15) is 0 Å². The molecule has 10 heteroatoms. The maximum atomic E-state index is 13.0. The Morgan fingerprint density at radius 1 is 0.950 bits per heavy atom. The van der Waals surface area contributed by atoms with Crippen LogP contribution in [-0.2, 0) is 11.2 Å². The molecular weight excluding hydrogens is 506 g/mol. The van der Waals surface area contributed by atoms with Gasteiger partial charge in [-0.3, -0.25) is 14.7 Å². The second-order valence-corrected chi connectivity index (χ2v) is 10.4. The molecule has 1 aromatic carbocycles. The van der Waals surface area contributed by atoms with Crippen molar-refractivity contribution in [1.29, 1.82) is 0 Å². The molecule has 4 aromatic rings. The number of nitrogens with one attached hydrogen (secondary N) is 1. The molecule has 6 rings (SSSR count). The van der Waals surface area contributed by atoms with E-state index in [1.54, 1.807) is 12.4 Å². The summed E-state index contributed by atoms with van der Waals surface area (Å²) in [6.07, 6.45) is 4.10. The highest BCUT2D eigenvalue weighted by atomic mass is 16.5. The van der Waals surface area contributed by atoms with Crippen LogP contribution in [0, 0.1) is 0 Å². The molecule has 40 heavy (non-hydrogen) atoms. The molecule has 208 valence electrons. The lowest BCUT2D eigenvalue weighted by molar-refractivity contribution is 0.0322. The largest absolute Gasteiger partial charge is 0.492 e. The fourth-order valence-electron chi connectivity index (χ4n) is 5.16. The number of ether oxygens (including phenoxy) is 2. The van der Waals surface area contributed by atoms with Crippen LogP contribution >= 0.6 is 0 Å². The number of carbonyl (C=O) groups is 1. The topological polar surface area (TPSA) is 99.7 Å². The summed E-state index contributed by atoms with van der Waals surface area (Å²) in [6, 6.07) is 13.8. The van der Waals surface area contributed by atoms with Gasteiger partial charge < -0.3 is 24.3 Å². The van der Waals surface area contributed by atoms with Gasteiger partial charge in [-0.25, -0.2) is 9.97 Å². The van der Waals surface area contributed by atoms with E-state index in [4.69, 9.17) is 14.5 Å². The van der Waals surface area contributed by atoms with Crippen molar-refractivity contribution < 1.29 is 14.3 Å². The van der Waals surface area contributed by atoms with Crippen LogP contribution in [0.5, 0.6) is 5.75 Å². The number of benzene rings is 1. The minimum absolute atomic E-state index is 0.0571. The Bertz CT molecular complexity index is 1460. The number of amides is 1. The summed E-state index contributed by atoms with van der Waals surface area (Å²) >= 11 is 0. The summed E-state index contributed by atoms with van der Waals surface area (Å²) < 4.78 is 11.4. The van der Waals surface area contributed by atoms with E-state index in [2.05, 4.69) is 43.9 Å². The molecule has 0 bridgehead atoms. The molecule has 2 saturated heterocycles. The first-order chi connectivity index (χ1) is 19.6. The second-order valence-electron chi connectivity index (χ2n) is 10.4. The normalized spacial score (nSPS) is 16.9. The van der Waals surface area contributed by atoms with E-state index in [9.17, 15) is 4.79 Å². The van der Waals surface area contributed by atoms with E-state index in [1.807, 2.05) is 35.2 Å². The van der Waals surface area contributed by atoms with Gasteiger partial charge in [-0.05, 0) is 42.9 Å². The van der Waals surface area contributed by atoms with Gasteiger partial charge in [0, 0.05) is 81.6 Å². The lowest BCUT2D eigenvalue weighted by atomic mass is 10.1. The summed E-state index contributed by atoms with van der Waals surface area (Å²) in [5.41, 5.74) is 4.17. The van der Waals surface area contributed by atoms with Gasteiger partial charge in [0.25, 0.3) is 5.91 Å². The first-order valence-corrected chi connectivity index (χ1v) is 13.9. The van der Waals surface area contributed by atoms with Crippen LogP contribution in [-0.4, -0.2) is 113 Å². The molecular formula is C30H35N7O3. The van der Waals surface area contributed by atoms with Gasteiger partial charge in [0.15, 0.2) is 0 Å². The fraction of sp³-hybridized carbons (Fsp3) is 0.400. The molecule has 1 amide bonds. The Kier molecular flexibility index (Phi) is 7.99. The predicted octanol–water partition coefficient (Wildman–Crippen LogP) is 2.71. The van der Waals surface area contributed by atoms with Crippen molar-refractivity contribution in [2.75, 3.05) is 72.7 Å². The number of nitrogens with zero attached hydrogens (tertiary/aromatic N) is 6. The van der Waals surface area contributed by atoms with Gasteiger partial charge in [0.2, 0.25) is 0 Å². The molecule has 3 aromatic heterocycles. The number of carbonyl (C=O) groups excluding carboxylic acids is 1. The number of hydrogen-bond donors (Lipinski definition) is 1. The highest BCUT2D eigenvalue weighted by Gasteiger charge is 2.22. The molecule has 0 atom stereocenters. The molecule has 2 aliphatic heterocycles. The number of pyridine rings is 1. The standard InChI is InChI=1S/C30H35N7O3/c1-35-8-10-37(11-9-35)30(38)28-20-23-18-22(2-3-25(23)33-28)19-29-32-7-5-26(34-29)27-21-24(4-6-31-27)40-17-14-36-12-15-39-16-13-36/h2-7,18,20-21,33H,8-17,19H2,1H3. The van der Waals surface area contributed by atoms with Crippen molar-refractivity contribution in [3.8, 4) is 17.1 Å². The SMILES string of the molecule is CN1CCN(C(=O)c2cc3cc(Cc4nccc(-c5cc(OCCN6CCOCC6)ccn5)n4)ccc3[nH]2)CC1. The lowest BCUT2D eigenvalue weighted by Crippen LogP contribution is -2.47. The molecule has 1 N–H and O–H groups in total. The Hall–Kier alpha value is -3.86. The quantitative estimate of drug-likeness (QED) is 0.364. The van der Waals surface area contributed by atoms with Crippen molar-refractivity contribution in [2.24, 2.45) is 0 Å². The highest BCUT2D eigenvalue weighted by Crippen LogP contribution is 2.22. The number of rotatable bonds is 8. The maximum Gasteiger partial charge on any atom is 0.270 e. The van der Waals surface area contributed by atoms with Crippen molar-refractivity contribution >= 4 is 16.8 Å². The van der Waals surface area contributed by atoms with Crippen molar-refractivity contribution in [1.82, 2.24) is 34.6 Å². The minimum Gasteiger partial charge on any atom is -0.492 e. The monoisotopic (exact) mass is 541 g/mol. The third-order valence-corrected chi connectivity index (χ3v) is 7.55. The first kappa shape index (κ1) is 26.4. The molecule has 2 aliphatic rings.